The summed E-state index contributed by atoms with van der Waals surface area (Å²) in [6.07, 6.45) is 0. The lowest BCUT2D eigenvalue weighted by Gasteiger charge is -2.36. The molecule has 28 heavy (non-hydrogen) atoms. The molecule has 0 aromatic heterocycles. The molecule has 0 atom stereocenters. The first-order chi connectivity index (χ1) is 13.5. The fourth-order valence-electron chi connectivity index (χ4n) is 3.25. The summed E-state index contributed by atoms with van der Waals surface area (Å²) in [5, 5.41) is 5.60. The van der Waals surface area contributed by atoms with Crippen molar-refractivity contribution in [1.82, 2.24) is 10.2 Å². The first-order valence-corrected chi connectivity index (χ1v) is 9.40. The molecule has 1 heterocycles. The van der Waals surface area contributed by atoms with Crippen molar-refractivity contribution in [2.45, 2.75) is 6.92 Å². The Morgan fingerprint density at radius 2 is 1.75 bits per heavy atom. The van der Waals surface area contributed by atoms with Gasteiger partial charge in [0, 0.05) is 63.1 Å². The molecule has 1 aliphatic rings. The number of amides is 2. The lowest BCUT2D eigenvalue weighted by Crippen LogP contribution is -2.48. The highest BCUT2D eigenvalue weighted by molar-refractivity contribution is 5.96. The molecule has 1 fully saturated rings. The van der Waals surface area contributed by atoms with Crippen molar-refractivity contribution >= 4 is 23.2 Å². The summed E-state index contributed by atoms with van der Waals surface area (Å²) < 4.78 is 13.0. The van der Waals surface area contributed by atoms with Gasteiger partial charge in [-0.1, -0.05) is 6.07 Å². The molecule has 2 amide bonds. The van der Waals surface area contributed by atoms with Crippen molar-refractivity contribution in [1.29, 1.82) is 0 Å². The highest BCUT2D eigenvalue weighted by atomic mass is 19.1. The smallest absolute Gasteiger partial charge is 0.251 e. The summed E-state index contributed by atoms with van der Waals surface area (Å²) in [5.41, 5.74) is 2.16. The number of carbonyl (C=O) groups excluding carboxylic acids is 2. The lowest BCUT2D eigenvalue weighted by molar-refractivity contribution is -0.114. The third-order valence-electron chi connectivity index (χ3n) is 4.72. The standard InChI is InChI=1S/C21H25FN4O2/c1-16(27)24-19-4-2-3-17(15-19)21(28)23-9-10-25-11-13-26(14-12-25)20-7-5-18(22)6-8-20/h2-8,15H,9-14H2,1H3,(H,23,28)(H,24,27). The number of nitrogens with zero attached hydrogens (tertiary/aromatic N) is 2. The van der Waals surface area contributed by atoms with Gasteiger partial charge in [0.05, 0.1) is 0 Å². The third-order valence-corrected chi connectivity index (χ3v) is 4.72. The molecule has 1 saturated heterocycles. The zero-order valence-corrected chi connectivity index (χ0v) is 16.0. The van der Waals surface area contributed by atoms with Gasteiger partial charge in [-0.25, -0.2) is 4.39 Å². The minimum absolute atomic E-state index is 0.155. The number of anilines is 2. The summed E-state index contributed by atoms with van der Waals surface area (Å²) in [5.74, 6) is -0.546. The van der Waals surface area contributed by atoms with Crippen molar-refractivity contribution < 1.29 is 14.0 Å². The summed E-state index contributed by atoms with van der Waals surface area (Å²) in [4.78, 5) is 28.0. The van der Waals surface area contributed by atoms with Gasteiger partial charge in [0.15, 0.2) is 0 Å². The second-order valence-electron chi connectivity index (χ2n) is 6.82. The molecule has 2 N–H and O–H groups in total. The summed E-state index contributed by atoms with van der Waals surface area (Å²) in [7, 11) is 0. The van der Waals surface area contributed by atoms with Crippen LogP contribution >= 0.6 is 0 Å². The molecule has 0 spiro atoms. The summed E-state index contributed by atoms with van der Waals surface area (Å²) >= 11 is 0. The molecule has 0 bridgehead atoms. The van der Waals surface area contributed by atoms with Crippen LogP contribution in [0.25, 0.3) is 0 Å². The Morgan fingerprint density at radius 1 is 1.04 bits per heavy atom. The Balaban J connectivity index is 1.41. The van der Waals surface area contributed by atoms with Gasteiger partial charge in [0.2, 0.25) is 5.91 Å². The second kappa shape index (κ2) is 9.32. The number of nitrogens with one attached hydrogen (secondary N) is 2. The van der Waals surface area contributed by atoms with Gasteiger partial charge in [0.25, 0.3) is 5.91 Å². The van der Waals surface area contributed by atoms with E-state index in [0.717, 1.165) is 38.4 Å². The third kappa shape index (κ3) is 5.53. The molecule has 2 aromatic carbocycles. The average molecular weight is 384 g/mol. The van der Waals surface area contributed by atoms with Crippen LogP contribution in [0.2, 0.25) is 0 Å². The van der Waals surface area contributed by atoms with Crippen molar-refractivity contribution in [2.24, 2.45) is 0 Å². The Labute approximate surface area is 164 Å². The van der Waals surface area contributed by atoms with Crippen LogP contribution in [-0.4, -0.2) is 56.0 Å². The molecular weight excluding hydrogens is 359 g/mol. The molecular formula is C21H25FN4O2. The lowest BCUT2D eigenvalue weighted by atomic mass is 10.2. The minimum atomic E-state index is -0.222. The van der Waals surface area contributed by atoms with E-state index in [1.807, 2.05) is 0 Å². The number of halogens is 1. The SMILES string of the molecule is CC(=O)Nc1cccc(C(=O)NCCN2CCN(c3ccc(F)cc3)CC2)c1. The first-order valence-electron chi connectivity index (χ1n) is 9.40. The normalized spacial score (nSPS) is 14.6. The topological polar surface area (TPSA) is 64.7 Å². The van der Waals surface area contributed by atoms with E-state index in [2.05, 4.69) is 20.4 Å². The van der Waals surface area contributed by atoms with E-state index in [1.54, 1.807) is 36.4 Å². The van der Waals surface area contributed by atoms with Crippen LogP contribution in [0, 0.1) is 5.82 Å². The van der Waals surface area contributed by atoms with Crippen molar-refractivity contribution in [3.63, 3.8) is 0 Å². The first kappa shape index (κ1) is 19.8. The van der Waals surface area contributed by atoms with Crippen LogP contribution in [-0.2, 0) is 4.79 Å². The van der Waals surface area contributed by atoms with Gasteiger partial charge < -0.3 is 15.5 Å². The number of hydrogen-bond donors (Lipinski definition) is 2. The van der Waals surface area contributed by atoms with E-state index in [0.29, 0.717) is 17.8 Å². The molecule has 2 aromatic rings. The molecule has 0 saturated carbocycles. The molecule has 0 unspecified atom stereocenters. The summed E-state index contributed by atoms with van der Waals surface area (Å²) in [6.45, 7) is 6.30. The van der Waals surface area contributed by atoms with Crippen LogP contribution < -0.4 is 15.5 Å². The largest absolute Gasteiger partial charge is 0.369 e. The number of rotatable bonds is 6. The maximum Gasteiger partial charge on any atom is 0.251 e. The monoisotopic (exact) mass is 384 g/mol. The number of carbonyl (C=O) groups is 2. The van der Waals surface area contributed by atoms with Crippen molar-refractivity contribution in [3.05, 3.63) is 59.9 Å². The molecule has 1 aliphatic heterocycles. The highest BCUT2D eigenvalue weighted by Gasteiger charge is 2.17. The Kier molecular flexibility index (Phi) is 6.60. The minimum Gasteiger partial charge on any atom is -0.369 e. The highest BCUT2D eigenvalue weighted by Crippen LogP contribution is 2.16. The molecule has 6 nitrogen and oxygen atoms in total. The molecule has 148 valence electrons. The van der Waals surface area contributed by atoms with Crippen molar-refractivity contribution in [2.75, 3.05) is 49.5 Å². The van der Waals surface area contributed by atoms with E-state index in [-0.39, 0.29) is 17.6 Å². The van der Waals surface area contributed by atoms with E-state index in [4.69, 9.17) is 0 Å². The van der Waals surface area contributed by atoms with Gasteiger partial charge in [-0.05, 0) is 42.5 Å². The van der Waals surface area contributed by atoms with Gasteiger partial charge in [-0.15, -0.1) is 0 Å². The molecule has 0 radical (unpaired) electrons. The fraction of sp³-hybridized carbons (Fsp3) is 0.333. The zero-order valence-electron chi connectivity index (χ0n) is 16.0. The Hall–Kier alpha value is -2.93. The van der Waals surface area contributed by atoms with E-state index in [9.17, 15) is 14.0 Å². The van der Waals surface area contributed by atoms with Gasteiger partial charge in [-0.2, -0.15) is 0 Å². The summed E-state index contributed by atoms with van der Waals surface area (Å²) in [6, 6.07) is 13.5. The fourth-order valence-corrected chi connectivity index (χ4v) is 3.25. The molecule has 0 aliphatic carbocycles. The maximum atomic E-state index is 13.0. The number of benzene rings is 2. The Bertz CT molecular complexity index is 817. The van der Waals surface area contributed by atoms with E-state index >= 15 is 0 Å². The van der Waals surface area contributed by atoms with Gasteiger partial charge in [-0.3, -0.25) is 14.5 Å². The predicted molar refractivity (Wildman–Crippen MR) is 108 cm³/mol. The predicted octanol–water partition coefficient (Wildman–Crippen LogP) is 2.34. The number of hydrogen-bond acceptors (Lipinski definition) is 4. The quantitative estimate of drug-likeness (QED) is 0.802. The average Bonchev–Trinajstić information content (AvgIpc) is 2.69. The van der Waals surface area contributed by atoms with Gasteiger partial charge in [0.1, 0.15) is 5.82 Å². The van der Waals surface area contributed by atoms with Crippen LogP contribution in [0.15, 0.2) is 48.5 Å². The van der Waals surface area contributed by atoms with Crippen molar-refractivity contribution in [3.8, 4) is 0 Å². The maximum absolute atomic E-state index is 13.0. The molecule has 3 rings (SSSR count). The van der Waals surface area contributed by atoms with Crippen LogP contribution in [0.4, 0.5) is 15.8 Å². The van der Waals surface area contributed by atoms with Crippen LogP contribution in [0.5, 0.6) is 0 Å². The Morgan fingerprint density at radius 3 is 2.43 bits per heavy atom. The van der Waals surface area contributed by atoms with Crippen LogP contribution in [0.1, 0.15) is 17.3 Å². The number of piperazine rings is 1. The second-order valence-corrected chi connectivity index (χ2v) is 6.82. The van der Waals surface area contributed by atoms with Gasteiger partial charge >= 0.3 is 0 Å². The van der Waals surface area contributed by atoms with Crippen LogP contribution in [0.3, 0.4) is 0 Å². The van der Waals surface area contributed by atoms with E-state index < -0.39 is 0 Å². The van der Waals surface area contributed by atoms with E-state index in [1.165, 1.54) is 19.1 Å². The molecule has 7 heteroatoms. The zero-order chi connectivity index (χ0) is 19.9.